The summed E-state index contributed by atoms with van der Waals surface area (Å²) in [6.07, 6.45) is 0.203. The zero-order valence-corrected chi connectivity index (χ0v) is 16.2. The summed E-state index contributed by atoms with van der Waals surface area (Å²) in [5.41, 5.74) is 2.23. The molecule has 1 aliphatic heterocycles. The number of nitrogens with zero attached hydrogens (tertiary/aromatic N) is 1. The van der Waals surface area contributed by atoms with Crippen LogP contribution in [-0.4, -0.2) is 35.7 Å². The molecule has 2 heterocycles. The monoisotopic (exact) mass is 404 g/mol. The third-order valence-corrected chi connectivity index (χ3v) is 6.50. The lowest BCUT2D eigenvalue weighted by molar-refractivity contribution is -0.150. The topological polar surface area (TPSA) is 49.4 Å². The first-order valence-corrected chi connectivity index (χ1v) is 10.4. The Morgan fingerprint density at radius 3 is 2.64 bits per heavy atom. The molecule has 0 spiro atoms. The molecule has 1 atom stereocenters. The Labute approximate surface area is 166 Å². The predicted molar refractivity (Wildman–Crippen MR) is 103 cm³/mol. The van der Waals surface area contributed by atoms with E-state index in [9.17, 15) is 18.4 Å². The molecule has 1 aromatic heterocycles. The maximum absolute atomic E-state index is 12.9. The number of carbonyl (C=O) groups is 2. The van der Waals surface area contributed by atoms with Gasteiger partial charge in [0.1, 0.15) is 0 Å². The number of thiophene rings is 1. The summed E-state index contributed by atoms with van der Waals surface area (Å²) in [5, 5.41) is 4.70. The van der Waals surface area contributed by atoms with Crippen molar-refractivity contribution in [2.75, 3.05) is 13.1 Å². The van der Waals surface area contributed by atoms with Crippen LogP contribution in [0.2, 0.25) is 0 Å². The van der Waals surface area contributed by atoms with E-state index in [1.54, 1.807) is 11.3 Å². The van der Waals surface area contributed by atoms with Gasteiger partial charge in [-0.3, -0.25) is 9.59 Å². The summed E-state index contributed by atoms with van der Waals surface area (Å²) >= 11 is 1.72. The van der Waals surface area contributed by atoms with Crippen LogP contribution in [0.5, 0.6) is 0 Å². The highest BCUT2D eigenvalue weighted by Gasteiger charge is 2.48. The van der Waals surface area contributed by atoms with E-state index in [2.05, 4.69) is 16.8 Å². The van der Waals surface area contributed by atoms with Gasteiger partial charge in [0.15, 0.2) is 0 Å². The second-order valence-electron chi connectivity index (χ2n) is 7.45. The summed E-state index contributed by atoms with van der Waals surface area (Å²) in [7, 11) is 0. The van der Waals surface area contributed by atoms with Crippen LogP contribution in [0.25, 0.3) is 0 Å². The van der Waals surface area contributed by atoms with Crippen LogP contribution in [0.4, 0.5) is 8.78 Å². The number of rotatable bonds is 5. The molecule has 4 nitrogen and oxygen atoms in total. The Kier molecular flexibility index (Phi) is 5.19. The van der Waals surface area contributed by atoms with Gasteiger partial charge in [-0.1, -0.05) is 30.3 Å². The number of nitrogens with one attached hydrogen (secondary N) is 1. The van der Waals surface area contributed by atoms with Crippen LogP contribution in [0.1, 0.15) is 41.3 Å². The molecule has 1 aliphatic carbocycles. The van der Waals surface area contributed by atoms with Gasteiger partial charge < -0.3 is 10.2 Å². The van der Waals surface area contributed by atoms with Crippen molar-refractivity contribution in [2.45, 2.75) is 37.6 Å². The summed E-state index contributed by atoms with van der Waals surface area (Å²) in [6.45, 7) is 0.808. The molecule has 0 radical (unpaired) electrons. The first-order valence-electron chi connectivity index (χ1n) is 9.51. The number of carbonyl (C=O) groups excluding carboxylic acids is 2. The van der Waals surface area contributed by atoms with Crippen molar-refractivity contribution >= 4 is 23.2 Å². The van der Waals surface area contributed by atoms with Crippen LogP contribution in [-0.2, 0) is 16.0 Å². The van der Waals surface area contributed by atoms with E-state index in [1.165, 1.54) is 4.88 Å². The van der Waals surface area contributed by atoms with E-state index in [0.717, 1.165) is 17.5 Å². The minimum absolute atomic E-state index is 0.0371. The Morgan fingerprint density at radius 2 is 1.93 bits per heavy atom. The molecular formula is C21H22F2N2O2S. The standard InChI is InChI=1S/C21H22F2N2O2S/c22-21(23)12-15(13-21)20(27)24-9-6-18(26)25-10-7-17-16(8-11-28-17)19(25)14-4-2-1-3-5-14/h1-5,8,11,15,19H,6-7,9-10,12-13H2,(H,24,27). The second kappa shape index (κ2) is 7.62. The summed E-state index contributed by atoms with van der Waals surface area (Å²) in [5.74, 6) is -3.76. The molecule has 28 heavy (non-hydrogen) atoms. The normalized spacial score (nSPS) is 20.9. The molecule has 4 rings (SSSR count). The Morgan fingerprint density at radius 1 is 1.18 bits per heavy atom. The molecule has 1 N–H and O–H groups in total. The van der Waals surface area contributed by atoms with E-state index >= 15 is 0 Å². The average Bonchev–Trinajstić information content (AvgIpc) is 3.14. The minimum atomic E-state index is -2.72. The van der Waals surface area contributed by atoms with Crippen LogP contribution >= 0.6 is 11.3 Å². The van der Waals surface area contributed by atoms with Gasteiger partial charge >= 0.3 is 0 Å². The van der Waals surface area contributed by atoms with Crippen LogP contribution in [0, 0.1) is 5.92 Å². The summed E-state index contributed by atoms with van der Waals surface area (Å²) in [6, 6.07) is 11.9. The third kappa shape index (κ3) is 3.81. The fourth-order valence-corrected chi connectivity index (χ4v) is 4.91. The minimum Gasteiger partial charge on any atom is -0.355 e. The van der Waals surface area contributed by atoms with Gasteiger partial charge in [0.05, 0.1) is 6.04 Å². The van der Waals surface area contributed by atoms with E-state index in [0.29, 0.717) is 6.54 Å². The highest BCUT2D eigenvalue weighted by molar-refractivity contribution is 7.10. The smallest absolute Gasteiger partial charge is 0.249 e. The molecule has 148 valence electrons. The van der Waals surface area contributed by atoms with Gasteiger partial charge in [0.2, 0.25) is 17.7 Å². The molecule has 7 heteroatoms. The molecule has 1 unspecified atom stereocenters. The lowest BCUT2D eigenvalue weighted by Gasteiger charge is -2.36. The van der Waals surface area contributed by atoms with E-state index in [-0.39, 0.29) is 30.8 Å². The zero-order valence-electron chi connectivity index (χ0n) is 15.4. The highest BCUT2D eigenvalue weighted by atomic mass is 32.1. The largest absolute Gasteiger partial charge is 0.355 e. The highest BCUT2D eigenvalue weighted by Crippen LogP contribution is 2.42. The molecule has 0 saturated heterocycles. The van der Waals surface area contributed by atoms with Gasteiger partial charge in [-0.25, -0.2) is 8.78 Å². The van der Waals surface area contributed by atoms with Gasteiger partial charge in [-0.05, 0) is 29.0 Å². The second-order valence-corrected chi connectivity index (χ2v) is 8.45. The van der Waals surface area contributed by atoms with Crippen molar-refractivity contribution in [3.63, 3.8) is 0 Å². The fraction of sp³-hybridized carbons (Fsp3) is 0.429. The molecule has 2 amide bonds. The molecular weight excluding hydrogens is 382 g/mol. The first-order chi connectivity index (χ1) is 13.4. The van der Waals surface area contributed by atoms with Crippen molar-refractivity contribution in [1.82, 2.24) is 10.2 Å². The van der Waals surface area contributed by atoms with Crippen LogP contribution in [0.3, 0.4) is 0 Å². The first kappa shape index (κ1) is 19.1. The molecule has 0 bridgehead atoms. The Bertz CT molecular complexity index is 860. The fourth-order valence-electron chi connectivity index (χ4n) is 4.01. The van der Waals surface area contributed by atoms with Crippen molar-refractivity contribution < 1.29 is 18.4 Å². The van der Waals surface area contributed by atoms with E-state index in [4.69, 9.17) is 0 Å². The molecule has 2 aromatic rings. The number of halogens is 2. The average molecular weight is 404 g/mol. The maximum atomic E-state index is 12.9. The lowest BCUT2D eigenvalue weighted by atomic mass is 9.81. The summed E-state index contributed by atoms with van der Waals surface area (Å²) < 4.78 is 25.8. The molecule has 1 saturated carbocycles. The van der Waals surface area contributed by atoms with Gasteiger partial charge in [0, 0.05) is 43.1 Å². The summed E-state index contributed by atoms with van der Waals surface area (Å²) in [4.78, 5) is 28.0. The molecule has 1 aromatic carbocycles. The quantitative estimate of drug-likeness (QED) is 0.825. The third-order valence-electron chi connectivity index (χ3n) is 5.50. The van der Waals surface area contributed by atoms with Crippen molar-refractivity contribution in [1.29, 1.82) is 0 Å². The molecule has 1 fully saturated rings. The number of benzene rings is 1. The predicted octanol–water partition coefficient (Wildman–Crippen LogP) is 3.77. The number of amides is 2. The number of alkyl halides is 2. The van der Waals surface area contributed by atoms with E-state index in [1.807, 2.05) is 35.2 Å². The van der Waals surface area contributed by atoms with Crippen molar-refractivity contribution in [3.8, 4) is 0 Å². The van der Waals surface area contributed by atoms with Gasteiger partial charge in [0.25, 0.3) is 0 Å². The Balaban J connectivity index is 1.40. The number of hydrogen-bond acceptors (Lipinski definition) is 3. The lowest BCUT2D eigenvalue weighted by Crippen LogP contribution is -2.46. The van der Waals surface area contributed by atoms with Crippen molar-refractivity contribution in [3.05, 3.63) is 57.8 Å². The van der Waals surface area contributed by atoms with Gasteiger partial charge in [-0.2, -0.15) is 0 Å². The number of fused-ring (bicyclic) bond motifs is 1. The maximum Gasteiger partial charge on any atom is 0.249 e. The van der Waals surface area contributed by atoms with Gasteiger partial charge in [-0.15, -0.1) is 11.3 Å². The SMILES string of the molecule is O=C(NCCC(=O)N1CCc2sccc2C1c1ccccc1)C1CC(F)(F)C1. The number of hydrogen-bond donors (Lipinski definition) is 1. The molecule has 2 aliphatic rings. The van der Waals surface area contributed by atoms with Crippen LogP contribution in [0.15, 0.2) is 41.8 Å². The Hall–Kier alpha value is -2.28. The van der Waals surface area contributed by atoms with E-state index < -0.39 is 24.7 Å². The van der Waals surface area contributed by atoms with Crippen LogP contribution < -0.4 is 5.32 Å². The zero-order chi connectivity index (χ0) is 19.7. The van der Waals surface area contributed by atoms with Crippen molar-refractivity contribution in [2.24, 2.45) is 5.92 Å².